The number of hydrogen-bond donors (Lipinski definition) is 2. The zero-order valence-electron chi connectivity index (χ0n) is 9.92. The fourth-order valence-electron chi connectivity index (χ4n) is 1.78. The third-order valence-electron chi connectivity index (χ3n) is 2.46. The summed E-state index contributed by atoms with van der Waals surface area (Å²) in [6, 6.07) is 0. The molecule has 16 heavy (non-hydrogen) atoms. The number of aliphatic hydroxyl groups excluding tert-OH is 2. The molecule has 0 amide bonds. The van der Waals surface area contributed by atoms with Crippen LogP contribution < -0.4 is 0 Å². The Balaban J connectivity index is 2.75. The van der Waals surface area contributed by atoms with Crippen molar-refractivity contribution < 1.29 is 24.4 Å². The van der Waals surface area contributed by atoms with Gasteiger partial charge in [-0.3, -0.25) is 0 Å². The molecule has 0 bridgehead atoms. The van der Waals surface area contributed by atoms with Gasteiger partial charge in [-0.15, -0.1) is 6.58 Å². The summed E-state index contributed by atoms with van der Waals surface area (Å²) in [5.41, 5.74) is 0. The van der Waals surface area contributed by atoms with E-state index in [1.807, 2.05) is 0 Å². The van der Waals surface area contributed by atoms with Gasteiger partial charge in [-0.2, -0.15) is 0 Å². The van der Waals surface area contributed by atoms with E-state index in [-0.39, 0.29) is 6.61 Å². The summed E-state index contributed by atoms with van der Waals surface area (Å²) in [5.74, 6) is -0.825. The fourth-order valence-corrected chi connectivity index (χ4v) is 1.78. The lowest BCUT2D eigenvalue weighted by Gasteiger charge is -2.23. The molecule has 0 aromatic rings. The maximum Gasteiger partial charge on any atom is 0.164 e. The van der Waals surface area contributed by atoms with E-state index in [1.165, 1.54) is 13.2 Å². The van der Waals surface area contributed by atoms with Crippen molar-refractivity contribution in [2.75, 3.05) is 13.7 Å². The first-order valence-electron chi connectivity index (χ1n) is 5.24. The van der Waals surface area contributed by atoms with Crippen LogP contribution in [0.2, 0.25) is 0 Å². The van der Waals surface area contributed by atoms with E-state index in [2.05, 4.69) is 6.58 Å². The predicted molar refractivity (Wildman–Crippen MR) is 57.9 cm³/mol. The lowest BCUT2D eigenvalue weighted by molar-refractivity contribution is -0.161. The van der Waals surface area contributed by atoms with Gasteiger partial charge in [0.25, 0.3) is 0 Å². The van der Waals surface area contributed by atoms with E-state index < -0.39 is 30.2 Å². The van der Waals surface area contributed by atoms with Crippen LogP contribution in [0.25, 0.3) is 0 Å². The smallest absolute Gasteiger partial charge is 0.164 e. The van der Waals surface area contributed by atoms with Crippen molar-refractivity contribution in [3.63, 3.8) is 0 Å². The van der Waals surface area contributed by atoms with Crippen LogP contribution in [0.3, 0.4) is 0 Å². The van der Waals surface area contributed by atoms with Crippen LogP contribution in [0.15, 0.2) is 12.7 Å². The Morgan fingerprint density at radius 2 is 1.94 bits per heavy atom. The van der Waals surface area contributed by atoms with Crippen LogP contribution in [0.4, 0.5) is 0 Å². The molecule has 5 heteroatoms. The van der Waals surface area contributed by atoms with Crippen molar-refractivity contribution in [3.8, 4) is 0 Å². The van der Waals surface area contributed by atoms with Gasteiger partial charge in [0.05, 0.1) is 6.61 Å². The highest BCUT2D eigenvalue weighted by atomic mass is 16.8. The molecule has 0 spiro atoms. The van der Waals surface area contributed by atoms with Crippen molar-refractivity contribution in [1.82, 2.24) is 0 Å². The van der Waals surface area contributed by atoms with Crippen molar-refractivity contribution in [2.24, 2.45) is 0 Å². The van der Waals surface area contributed by atoms with E-state index in [0.717, 1.165) is 0 Å². The Kier molecular flexibility index (Phi) is 4.46. The number of methoxy groups -OCH3 is 1. The number of ether oxygens (including phenoxy) is 3. The zero-order valence-corrected chi connectivity index (χ0v) is 9.92. The summed E-state index contributed by atoms with van der Waals surface area (Å²) in [6.07, 6.45) is -1.60. The van der Waals surface area contributed by atoms with Gasteiger partial charge in [0.15, 0.2) is 5.79 Å². The van der Waals surface area contributed by atoms with Crippen LogP contribution in [-0.4, -0.2) is 54.1 Å². The maximum absolute atomic E-state index is 9.82. The Hall–Kier alpha value is -0.460. The third kappa shape index (κ3) is 3.02. The highest BCUT2D eigenvalue weighted by Gasteiger charge is 2.47. The second-order valence-corrected chi connectivity index (χ2v) is 4.31. The monoisotopic (exact) mass is 232 g/mol. The minimum Gasteiger partial charge on any atom is -0.388 e. The molecule has 0 saturated carbocycles. The molecular weight excluding hydrogens is 212 g/mol. The quantitative estimate of drug-likeness (QED) is 0.656. The molecule has 0 aromatic carbocycles. The second kappa shape index (κ2) is 5.25. The van der Waals surface area contributed by atoms with Crippen molar-refractivity contribution in [1.29, 1.82) is 0 Å². The molecule has 1 rings (SSSR count). The summed E-state index contributed by atoms with van der Waals surface area (Å²) >= 11 is 0. The first kappa shape index (κ1) is 13.6. The summed E-state index contributed by atoms with van der Waals surface area (Å²) in [5, 5.41) is 19.5. The molecular formula is C11H20O5. The van der Waals surface area contributed by atoms with Gasteiger partial charge in [-0.25, -0.2) is 0 Å². The summed E-state index contributed by atoms with van der Waals surface area (Å²) in [4.78, 5) is 0. The lowest BCUT2D eigenvalue weighted by atomic mass is 10.0. The molecule has 1 heterocycles. The van der Waals surface area contributed by atoms with E-state index >= 15 is 0 Å². The molecule has 94 valence electrons. The number of aliphatic hydroxyl groups is 2. The Morgan fingerprint density at radius 3 is 2.44 bits per heavy atom. The topological polar surface area (TPSA) is 68.2 Å². The van der Waals surface area contributed by atoms with Crippen LogP contribution in [0, 0.1) is 0 Å². The van der Waals surface area contributed by atoms with Gasteiger partial charge in [0.2, 0.25) is 0 Å². The Bertz CT molecular complexity index is 241. The predicted octanol–water partition coefficient (Wildman–Crippen LogP) is 0.0607. The SMILES string of the molecule is C=C[C@@H](O)C1OC(C)(C)OC1[C@H](O)COC. The van der Waals surface area contributed by atoms with Crippen LogP contribution >= 0.6 is 0 Å². The van der Waals surface area contributed by atoms with Crippen LogP contribution in [-0.2, 0) is 14.2 Å². The Labute approximate surface area is 95.6 Å². The molecule has 1 aliphatic heterocycles. The highest BCUT2D eigenvalue weighted by molar-refractivity contribution is 4.96. The number of hydrogen-bond acceptors (Lipinski definition) is 5. The summed E-state index contributed by atoms with van der Waals surface area (Å²) in [7, 11) is 1.49. The molecule has 2 unspecified atom stereocenters. The van der Waals surface area contributed by atoms with Crippen LogP contribution in [0.1, 0.15) is 13.8 Å². The molecule has 0 aliphatic carbocycles. The number of rotatable bonds is 5. The van der Waals surface area contributed by atoms with Gasteiger partial charge in [-0.05, 0) is 13.8 Å². The standard InChI is InChI=1S/C11H20O5/c1-5-7(12)9-10(8(13)6-14-4)16-11(2,3)15-9/h5,7-10,12-13H,1,6H2,2-4H3/t7-,8-,9?,10?/m1/s1. The van der Waals surface area contributed by atoms with Crippen molar-refractivity contribution >= 4 is 0 Å². The average molecular weight is 232 g/mol. The average Bonchev–Trinajstić information content (AvgIpc) is 2.54. The fraction of sp³-hybridized carbons (Fsp3) is 0.818. The first-order chi connectivity index (χ1) is 7.41. The van der Waals surface area contributed by atoms with Crippen molar-refractivity contribution in [2.45, 2.75) is 44.1 Å². The minimum absolute atomic E-state index is 0.129. The molecule has 0 radical (unpaired) electrons. The Morgan fingerprint density at radius 1 is 1.38 bits per heavy atom. The molecule has 1 saturated heterocycles. The molecule has 2 N–H and O–H groups in total. The second-order valence-electron chi connectivity index (χ2n) is 4.31. The van der Waals surface area contributed by atoms with Gasteiger partial charge in [0, 0.05) is 7.11 Å². The minimum atomic E-state index is -0.877. The largest absolute Gasteiger partial charge is 0.388 e. The van der Waals surface area contributed by atoms with Gasteiger partial charge < -0.3 is 24.4 Å². The highest BCUT2D eigenvalue weighted by Crippen LogP contribution is 2.32. The van der Waals surface area contributed by atoms with E-state index in [4.69, 9.17) is 14.2 Å². The third-order valence-corrected chi connectivity index (χ3v) is 2.46. The lowest BCUT2D eigenvalue weighted by Crippen LogP contribution is -2.43. The zero-order chi connectivity index (χ0) is 12.3. The van der Waals surface area contributed by atoms with Gasteiger partial charge >= 0.3 is 0 Å². The summed E-state index contributed by atoms with van der Waals surface area (Å²) < 4.78 is 15.9. The molecule has 5 nitrogen and oxygen atoms in total. The van der Waals surface area contributed by atoms with E-state index in [9.17, 15) is 10.2 Å². The van der Waals surface area contributed by atoms with Gasteiger partial charge in [-0.1, -0.05) is 6.08 Å². The van der Waals surface area contributed by atoms with E-state index in [0.29, 0.717) is 0 Å². The molecule has 1 aliphatic rings. The molecule has 4 atom stereocenters. The maximum atomic E-state index is 9.82. The molecule has 0 aromatic heterocycles. The summed E-state index contributed by atoms with van der Waals surface area (Å²) in [6.45, 7) is 7.09. The van der Waals surface area contributed by atoms with Crippen LogP contribution in [0.5, 0.6) is 0 Å². The molecule has 1 fully saturated rings. The van der Waals surface area contributed by atoms with Gasteiger partial charge in [0.1, 0.15) is 24.4 Å². The first-order valence-corrected chi connectivity index (χ1v) is 5.24. The normalized spacial score (nSPS) is 32.3. The van der Waals surface area contributed by atoms with E-state index in [1.54, 1.807) is 13.8 Å². The van der Waals surface area contributed by atoms with Crippen molar-refractivity contribution in [3.05, 3.63) is 12.7 Å².